The average Bonchev–Trinajstić information content (AvgIpc) is 1.00. The molecular formula is C101H70BN3O. The standard InChI is InChI=1S/C101H70BN3O/c1-100(2,3)72-62-91-96-92(63-72)105(98-76(67-35-14-6-15-36-67)48-29-49-77(98)68-37-16-7-17-38-68)90-64-73(103-87-53-26-23-45-83(87)94-89(103)60-57-81-79-43-22-25-52-84(79)101(95(81)94,70-39-18-8-19-40-70)71-41-20-9-21-42-71)56-58-85(90)102(96)86-61-69(78-50-30-51-82-80-44-24-27-54-93(80)106-99(78)82)55-59-88(86)104(91)97-74(65-31-10-4-11-32-65)46-28-47-75(97)66-33-12-5-13-34-66/h4-64H,1-3H3. The number of hydrogen-bond acceptors (Lipinski definition) is 3. The fourth-order valence-electron chi connectivity index (χ4n) is 18.4. The summed E-state index contributed by atoms with van der Waals surface area (Å²) in [6.07, 6.45) is 0. The van der Waals surface area contributed by atoms with Crippen LogP contribution in [0.2, 0.25) is 0 Å². The summed E-state index contributed by atoms with van der Waals surface area (Å²) in [5.74, 6) is 0. The van der Waals surface area contributed by atoms with Gasteiger partial charge in [-0.2, -0.15) is 0 Å². The number of para-hydroxylation sites is 5. The van der Waals surface area contributed by atoms with E-state index in [4.69, 9.17) is 4.42 Å². The van der Waals surface area contributed by atoms with E-state index in [9.17, 15) is 0 Å². The Bertz CT molecular complexity index is 6400. The van der Waals surface area contributed by atoms with E-state index in [1.54, 1.807) is 0 Å². The quantitative estimate of drug-likeness (QED) is 0.128. The number of nitrogens with zero attached hydrogens (tertiary/aromatic N) is 3. The van der Waals surface area contributed by atoms with Crippen molar-refractivity contribution >= 4 is 101 Å². The summed E-state index contributed by atoms with van der Waals surface area (Å²) in [5, 5.41) is 4.66. The Morgan fingerprint density at radius 1 is 0.321 bits per heavy atom. The van der Waals surface area contributed by atoms with Gasteiger partial charge < -0.3 is 18.8 Å². The zero-order valence-electron chi connectivity index (χ0n) is 59.0. The highest BCUT2D eigenvalue weighted by Crippen LogP contribution is 2.60. The van der Waals surface area contributed by atoms with E-state index >= 15 is 0 Å². The molecule has 0 atom stereocenters. The summed E-state index contributed by atoms with van der Waals surface area (Å²) in [7, 11) is 0. The van der Waals surface area contributed by atoms with Gasteiger partial charge in [0.1, 0.15) is 11.2 Å². The van der Waals surface area contributed by atoms with Gasteiger partial charge in [-0.05, 0) is 137 Å². The molecule has 16 aromatic carbocycles. The maximum atomic E-state index is 6.99. The van der Waals surface area contributed by atoms with Gasteiger partial charge >= 0.3 is 0 Å². The van der Waals surface area contributed by atoms with Gasteiger partial charge in [-0.25, -0.2) is 0 Å². The van der Waals surface area contributed by atoms with Gasteiger partial charge in [0.2, 0.25) is 0 Å². The number of fused-ring (bicyclic) bond motifs is 14. The molecule has 0 amide bonds. The first-order valence-corrected chi connectivity index (χ1v) is 37.0. The number of rotatable bonds is 10. The van der Waals surface area contributed by atoms with Crippen LogP contribution >= 0.6 is 0 Å². The molecule has 21 rings (SSSR count). The minimum atomic E-state index is -0.642. The molecule has 18 aromatic rings. The van der Waals surface area contributed by atoms with Crippen molar-refractivity contribution in [2.45, 2.75) is 31.6 Å². The van der Waals surface area contributed by atoms with Crippen LogP contribution in [0.15, 0.2) is 374 Å². The average molecular weight is 1350 g/mol. The van der Waals surface area contributed by atoms with Crippen LogP contribution in [0.1, 0.15) is 48.6 Å². The molecule has 4 heterocycles. The highest BCUT2D eigenvalue weighted by Gasteiger charge is 2.49. The zero-order chi connectivity index (χ0) is 70.4. The van der Waals surface area contributed by atoms with Gasteiger partial charge in [-0.1, -0.05) is 342 Å². The van der Waals surface area contributed by atoms with Crippen LogP contribution in [-0.4, -0.2) is 11.3 Å². The van der Waals surface area contributed by atoms with Gasteiger partial charge in [0.25, 0.3) is 6.71 Å². The summed E-state index contributed by atoms with van der Waals surface area (Å²) in [6, 6.07) is 139. The molecule has 2 aliphatic heterocycles. The number of hydrogen-bond donors (Lipinski definition) is 0. The molecular weight excluding hydrogens is 1280 g/mol. The molecule has 0 saturated heterocycles. The predicted molar refractivity (Wildman–Crippen MR) is 445 cm³/mol. The maximum Gasteiger partial charge on any atom is 0.252 e. The molecule has 5 heteroatoms. The van der Waals surface area contributed by atoms with Crippen LogP contribution in [0.25, 0.3) is 116 Å². The lowest BCUT2D eigenvalue weighted by atomic mass is 9.33. The van der Waals surface area contributed by atoms with Crippen LogP contribution in [-0.2, 0) is 10.8 Å². The maximum absolute atomic E-state index is 6.99. The van der Waals surface area contributed by atoms with Crippen molar-refractivity contribution in [3.05, 3.63) is 398 Å². The minimum absolute atomic E-state index is 0.286. The van der Waals surface area contributed by atoms with Crippen molar-refractivity contribution in [3.8, 4) is 72.4 Å². The molecule has 0 radical (unpaired) electrons. The number of benzene rings is 16. The van der Waals surface area contributed by atoms with Crippen LogP contribution in [0.5, 0.6) is 0 Å². The summed E-state index contributed by atoms with van der Waals surface area (Å²) in [4.78, 5) is 5.37. The Labute approximate surface area is 617 Å². The SMILES string of the molecule is CC(C)(C)c1cc2c3c(c1)N(c1c(-c4ccccc4)cccc1-c1ccccc1)c1cc(-n4c5ccccc5c5c6c(ccc54)-c4ccccc4C6(c4ccccc4)c4ccccc4)ccc1B3c1cc(-c3cccc4c3oc3ccccc34)ccc1N2c1c(-c2ccccc2)cccc1-c1ccccc1. The van der Waals surface area contributed by atoms with Crippen molar-refractivity contribution in [1.82, 2.24) is 4.57 Å². The molecule has 0 fully saturated rings. The van der Waals surface area contributed by atoms with E-state index in [2.05, 4.69) is 405 Å². The Balaban J connectivity index is 0.911. The van der Waals surface area contributed by atoms with Gasteiger partial charge in [0.15, 0.2) is 0 Å². The van der Waals surface area contributed by atoms with E-state index in [1.807, 2.05) is 0 Å². The molecule has 0 spiro atoms. The third kappa shape index (κ3) is 9.15. The van der Waals surface area contributed by atoms with Crippen molar-refractivity contribution < 1.29 is 4.42 Å². The second kappa shape index (κ2) is 23.9. The van der Waals surface area contributed by atoms with Gasteiger partial charge in [-0.3, -0.25) is 0 Å². The molecule has 3 aliphatic rings. The highest BCUT2D eigenvalue weighted by atomic mass is 16.3. The van der Waals surface area contributed by atoms with E-state index in [0.717, 1.165) is 128 Å². The lowest BCUT2D eigenvalue weighted by Crippen LogP contribution is -2.61. The minimum Gasteiger partial charge on any atom is -0.455 e. The third-order valence-corrected chi connectivity index (χ3v) is 23.0. The van der Waals surface area contributed by atoms with Crippen molar-refractivity contribution in [1.29, 1.82) is 0 Å². The van der Waals surface area contributed by atoms with Crippen molar-refractivity contribution in [2.24, 2.45) is 0 Å². The molecule has 0 N–H and O–H groups in total. The second-order valence-corrected chi connectivity index (χ2v) is 29.7. The summed E-state index contributed by atoms with van der Waals surface area (Å²) < 4.78 is 9.57. The van der Waals surface area contributed by atoms with Gasteiger partial charge in [0, 0.05) is 77.8 Å². The second-order valence-electron chi connectivity index (χ2n) is 29.7. The molecule has 0 unspecified atom stereocenters. The Hall–Kier alpha value is -13.2. The first kappa shape index (κ1) is 61.4. The summed E-state index contributed by atoms with van der Waals surface area (Å²) >= 11 is 0. The van der Waals surface area contributed by atoms with E-state index < -0.39 is 5.41 Å². The molecule has 0 saturated carbocycles. The molecule has 106 heavy (non-hydrogen) atoms. The summed E-state index contributed by atoms with van der Waals surface area (Å²) in [6.45, 7) is 6.86. The number of aromatic nitrogens is 1. The largest absolute Gasteiger partial charge is 0.455 e. The molecule has 4 nitrogen and oxygen atoms in total. The van der Waals surface area contributed by atoms with E-state index in [0.29, 0.717) is 0 Å². The lowest BCUT2D eigenvalue weighted by molar-refractivity contribution is 0.590. The first-order chi connectivity index (χ1) is 52.3. The monoisotopic (exact) mass is 1350 g/mol. The Morgan fingerprint density at radius 3 is 1.39 bits per heavy atom. The third-order valence-electron chi connectivity index (χ3n) is 23.0. The van der Waals surface area contributed by atoms with E-state index in [1.165, 1.54) is 66.1 Å². The zero-order valence-corrected chi connectivity index (χ0v) is 59.0. The Kier molecular flexibility index (Phi) is 13.9. The van der Waals surface area contributed by atoms with Crippen LogP contribution in [0.3, 0.4) is 0 Å². The van der Waals surface area contributed by atoms with Gasteiger partial charge in [-0.15, -0.1) is 0 Å². The topological polar surface area (TPSA) is 24.6 Å². The van der Waals surface area contributed by atoms with Crippen LogP contribution in [0.4, 0.5) is 34.1 Å². The lowest BCUT2D eigenvalue weighted by Gasteiger charge is -2.46. The van der Waals surface area contributed by atoms with E-state index in [-0.39, 0.29) is 12.1 Å². The first-order valence-electron chi connectivity index (χ1n) is 37.0. The molecule has 1 aliphatic carbocycles. The fraction of sp³-hybridized carbons (Fsp3) is 0.0495. The number of anilines is 6. The predicted octanol–water partition coefficient (Wildman–Crippen LogP) is 24.8. The van der Waals surface area contributed by atoms with Crippen LogP contribution in [0, 0.1) is 0 Å². The smallest absolute Gasteiger partial charge is 0.252 e. The highest BCUT2D eigenvalue weighted by molar-refractivity contribution is 7.00. The normalized spacial score (nSPS) is 13.3. The molecule has 498 valence electrons. The van der Waals surface area contributed by atoms with Crippen LogP contribution < -0.4 is 26.2 Å². The number of furan rings is 1. The Morgan fingerprint density at radius 2 is 0.802 bits per heavy atom. The summed E-state index contributed by atoms with van der Waals surface area (Å²) in [5.41, 5.74) is 34.5. The molecule has 0 bridgehead atoms. The van der Waals surface area contributed by atoms with Crippen molar-refractivity contribution in [2.75, 3.05) is 9.80 Å². The fourth-order valence-corrected chi connectivity index (χ4v) is 18.4. The van der Waals surface area contributed by atoms with Gasteiger partial charge in [0.05, 0.1) is 27.8 Å². The van der Waals surface area contributed by atoms with Crippen molar-refractivity contribution in [3.63, 3.8) is 0 Å². The molecule has 2 aromatic heterocycles.